The van der Waals surface area contributed by atoms with Gasteiger partial charge in [0.25, 0.3) is 0 Å². The molecule has 2 aromatic rings. The zero-order valence-corrected chi connectivity index (χ0v) is 12.5. The lowest BCUT2D eigenvalue weighted by atomic mass is 9.97. The SMILES string of the molecule is O[C@H]1CN(CCc2ccc(F)cc2)C[C@H]1Cc1ccncc1. The number of likely N-dealkylation sites (tertiary alicyclic amines) is 1. The summed E-state index contributed by atoms with van der Waals surface area (Å²) in [6.45, 7) is 2.52. The fourth-order valence-corrected chi connectivity index (χ4v) is 3.08. The van der Waals surface area contributed by atoms with Crippen molar-refractivity contribution in [1.82, 2.24) is 9.88 Å². The van der Waals surface area contributed by atoms with Crippen molar-refractivity contribution in [2.24, 2.45) is 5.92 Å². The van der Waals surface area contributed by atoms with Crippen LogP contribution in [0.5, 0.6) is 0 Å². The van der Waals surface area contributed by atoms with Gasteiger partial charge in [0.2, 0.25) is 0 Å². The highest BCUT2D eigenvalue weighted by Crippen LogP contribution is 2.21. The first-order valence-electron chi connectivity index (χ1n) is 7.74. The van der Waals surface area contributed by atoms with Crippen LogP contribution in [0.2, 0.25) is 0 Å². The highest BCUT2D eigenvalue weighted by atomic mass is 19.1. The number of hydrogen-bond donors (Lipinski definition) is 1. The molecule has 116 valence electrons. The van der Waals surface area contributed by atoms with Crippen LogP contribution in [0.15, 0.2) is 48.8 Å². The van der Waals surface area contributed by atoms with Gasteiger partial charge in [-0.1, -0.05) is 12.1 Å². The molecular formula is C18H21FN2O. The number of hydrogen-bond acceptors (Lipinski definition) is 3. The van der Waals surface area contributed by atoms with E-state index in [0.29, 0.717) is 0 Å². The van der Waals surface area contributed by atoms with Crippen molar-refractivity contribution < 1.29 is 9.50 Å². The number of benzene rings is 1. The molecule has 1 N–H and O–H groups in total. The van der Waals surface area contributed by atoms with E-state index < -0.39 is 0 Å². The zero-order chi connectivity index (χ0) is 15.4. The molecule has 1 aliphatic heterocycles. The zero-order valence-electron chi connectivity index (χ0n) is 12.5. The third-order valence-corrected chi connectivity index (χ3v) is 4.36. The number of aliphatic hydroxyl groups is 1. The Labute approximate surface area is 130 Å². The smallest absolute Gasteiger partial charge is 0.123 e. The first kappa shape index (κ1) is 15.1. The van der Waals surface area contributed by atoms with Crippen LogP contribution in [0.25, 0.3) is 0 Å². The van der Waals surface area contributed by atoms with Gasteiger partial charge in [0, 0.05) is 37.9 Å². The van der Waals surface area contributed by atoms with Crippen LogP contribution >= 0.6 is 0 Å². The van der Waals surface area contributed by atoms with E-state index in [-0.39, 0.29) is 17.8 Å². The monoisotopic (exact) mass is 300 g/mol. The van der Waals surface area contributed by atoms with E-state index in [4.69, 9.17) is 0 Å². The Balaban J connectivity index is 1.51. The second kappa shape index (κ2) is 6.99. The first-order chi connectivity index (χ1) is 10.7. The Morgan fingerprint density at radius 1 is 1.05 bits per heavy atom. The lowest BCUT2D eigenvalue weighted by Gasteiger charge is -2.15. The number of β-amino-alcohol motifs (C(OH)–C–C–N with tert-alkyl or cyclic N) is 1. The van der Waals surface area contributed by atoms with Crippen molar-refractivity contribution in [2.45, 2.75) is 18.9 Å². The van der Waals surface area contributed by atoms with Gasteiger partial charge in [0.1, 0.15) is 5.82 Å². The third-order valence-electron chi connectivity index (χ3n) is 4.36. The number of pyridine rings is 1. The molecule has 2 atom stereocenters. The minimum atomic E-state index is -0.276. The van der Waals surface area contributed by atoms with Gasteiger partial charge in [-0.3, -0.25) is 4.98 Å². The normalized spacial score (nSPS) is 22.1. The summed E-state index contributed by atoms with van der Waals surface area (Å²) in [7, 11) is 0. The molecule has 2 heterocycles. The lowest BCUT2D eigenvalue weighted by Crippen LogP contribution is -2.24. The topological polar surface area (TPSA) is 36.4 Å². The molecule has 0 saturated carbocycles. The van der Waals surface area contributed by atoms with E-state index in [9.17, 15) is 9.50 Å². The Kier molecular flexibility index (Phi) is 4.80. The van der Waals surface area contributed by atoms with E-state index in [0.717, 1.165) is 38.0 Å². The van der Waals surface area contributed by atoms with Crippen LogP contribution in [0.3, 0.4) is 0 Å². The van der Waals surface area contributed by atoms with Crippen LogP contribution < -0.4 is 0 Å². The minimum Gasteiger partial charge on any atom is -0.391 e. The quantitative estimate of drug-likeness (QED) is 0.920. The minimum absolute atomic E-state index is 0.197. The largest absolute Gasteiger partial charge is 0.391 e. The molecule has 1 fully saturated rings. The second-order valence-electron chi connectivity index (χ2n) is 6.02. The predicted molar refractivity (Wildman–Crippen MR) is 84.0 cm³/mol. The molecule has 3 rings (SSSR count). The number of aliphatic hydroxyl groups excluding tert-OH is 1. The standard InChI is InChI=1S/C18H21FN2O/c19-17-3-1-14(2-4-17)7-10-21-12-16(18(22)13-21)11-15-5-8-20-9-6-15/h1-6,8-9,16,18,22H,7,10-13H2/t16-,18+/m1/s1. The van der Waals surface area contributed by atoms with Crippen molar-refractivity contribution in [1.29, 1.82) is 0 Å². The fourth-order valence-electron chi connectivity index (χ4n) is 3.08. The highest BCUT2D eigenvalue weighted by Gasteiger charge is 2.30. The van der Waals surface area contributed by atoms with E-state index in [1.165, 1.54) is 17.7 Å². The number of nitrogens with zero attached hydrogens (tertiary/aromatic N) is 2. The Morgan fingerprint density at radius 2 is 1.77 bits per heavy atom. The molecule has 0 spiro atoms. The summed E-state index contributed by atoms with van der Waals surface area (Å²) in [5, 5.41) is 10.2. The van der Waals surface area contributed by atoms with E-state index in [1.807, 2.05) is 24.3 Å². The molecule has 4 heteroatoms. The molecular weight excluding hydrogens is 279 g/mol. The number of aromatic nitrogens is 1. The average Bonchev–Trinajstić information content (AvgIpc) is 2.88. The molecule has 1 aliphatic rings. The molecule has 0 bridgehead atoms. The van der Waals surface area contributed by atoms with E-state index in [2.05, 4.69) is 9.88 Å². The third kappa shape index (κ3) is 3.90. The van der Waals surface area contributed by atoms with Crippen LogP contribution in [-0.4, -0.2) is 40.7 Å². The van der Waals surface area contributed by atoms with Gasteiger partial charge in [-0.2, -0.15) is 0 Å². The summed E-state index contributed by atoms with van der Waals surface area (Å²) >= 11 is 0. The van der Waals surface area contributed by atoms with Gasteiger partial charge in [-0.25, -0.2) is 4.39 Å². The van der Waals surface area contributed by atoms with Gasteiger partial charge in [0.05, 0.1) is 6.10 Å². The van der Waals surface area contributed by atoms with Gasteiger partial charge in [-0.05, 0) is 48.2 Å². The predicted octanol–water partition coefficient (Wildman–Crippen LogP) is 2.30. The highest BCUT2D eigenvalue weighted by molar-refractivity contribution is 5.16. The van der Waals surface area contributed by atoms with Crippen LogP contribution in [0.4, 0.5) is 4.39 Å². The molecule has 0 aliphatic carbocycles. The number of halogens is 1. The van der Waals surface area contributed by atoms with E-state index >= 15 is 0 Å². The molecule has 1 saturated heterocycles. The lowest BCUT2D eigenvalue weighted by molar-refractivity contribution is 0.141. The van der Waals surface area contributed by atoms with Crippen molar-refractivity contribution >= 4 is 0 Å². The average molecular weight is 300 g/mol. The molecule has 0 amide bonds. The van der Waals surface area contributed by atoms with E-state index in [1.54, 1.807) is 12.4 Å². The molecule has 1 aromatic heterocycles. The Bertz CT molecular complexity index is 588. The Hall–Kier alpha value is -1.78. The van der Waals surface area contributed by atoms with Crippen LogP contribution in [0, 0.1) is 11.7 Å². The summed E-state index contributed by atoms with van der Waals surface area (Å²) < 4.78 is 12.9. The summed E-state index contributed by atoms with van der Waals surface area (Å²) in [5.74, 6) is 0.0772. The molecule has 0 unspecified atom stereocenters. The summed E-state index contributed by atoms with van der Waals surface area (Å²) in [6, 6.07) is 10.7. The van der Waals surface area contributed by atoms with Crippen molar-refractivity contribution in [3.8, 4) is 0 Å². The van der Waals surface area contributed by atoms with Crippen molar-refractivity contribution in [2.75, 3.05) is 19.6 Å². The Morgan fingerprint density at radius 3 is 2.50 bits per heavy atom. The van der Waals surface area contributed by atoms with Crippen LogP contribution in [-0.2, 0) is 12.8 Å². The first-order valence-corrected chi connectivity index (χ1v) is 7.74. The van der Waals surface area contributed by atoms with Crippen molar-refractivity contribution in [3.05, 3.63) is 65.7 Å². The summed E-state index contributed by atoms with van der Waals surface area (Å²) in [6.07, 6.45) is 5.08. The van der Waals surface area contributed by atoms with Gasteiger partial charge < -0.3 is 10.0 Å². The fraction of sp³-hybridized carbons (Fsp3) is 0.389. The molecule has 3 nitrogen and oxygen atoms in total. The van der Waals surface area contributed by atoms with Crippen molar-refractivity contribution in [3.63, 3.8) is 0 Å². The summed E-state index contributed by atoms with van der Waals surface area (Å²) in [4.78, 5) is 6.32. The van der Waals surface area contributed by atoms with Crippen LogP contribution in [0.1, 0.15) is 11.1 Å². The second-order valence-corrected chi connectivity index (χ2v) is 6.02. The van der Waals surface area contributed by atoms with Gasteiger partial charge in [-0.15, -0.1) is 0 Å². The maximum atomic E-state index is 12.9. The maximum Gasteiger partial charge on any atom is 0.123 e. The number of rotatable bonds is 5. The van der Waals surface area contributed by atoms with Gasteiger partial charge in [0.15, 0.2) is 0 Å². The van der Waals surface area contributed by atoms with Gasteiger partial charge >= 0.3 is 0 Å². The maximum absolute atomic E-state index is 12.9. The molecule has 22 heavy (non-hydrogen) atoms. The summed E-state index contributed by atoms with van der Waals surface area (Å²) in [5.41, 5.74) is 2.35. The molecule has 0 radical (unpaired) electrons. The molecule has 1 aromatic carbocycles.